The first-order valence-electron chi connectivity index (χ1n) is 9.54. The van der Waals surface area contributed by atoms with Crippen LogP contribution in [-0.4, -0.2) is 18.5 Å². The van der Waals surface area contributed by atoms with Gasteiger partial charge in [-0.05, 0) is 56.6 Å². The van der Waals surface area contributed by atoms with Gasteiger partial charge < -0.3 is 10.1 Å². The molecule has 0 heterocycles. The van der Waals surface area contributed by atoms with Gasteiger partial charge in [0.25, 0.3) is 5.91 Å². The number of rotatable bonds is 7. The Morgan fingerprint density at radius 3 is 2.36 bits per heavy atom. The molecule has 0 spiro atoms. The summed E-state index contributed by atoms with van der Waals surface area (Å²) in [6.45, 7) is 5.91. The standard InChI is InChI=1S/C21H31NO3/c1-4-5-9-17-10-12-18(13-11-17)21(24)25-14-19(23)22-20-15(2)7-6-8-16(20)3/h6-8,17-18H,4-5,9-14H2,1-3H3,(H,22,23). The maximum absolute atomic E-state index is 12.2. The average Bonchev–Trinajstić information content (AvgIpc) is 2.61. The first-order valence-corrected chi connectivity index (χ1v) is 9.54. The van der Waals surface area contributed by atoms with Gasteiger partial charge in [-0.3, -0.25) is 9.59 Å². The minimum atomic E-state index is -0.276. The lowest BCUT2D eigenvalue weighted by Gasteiger charge is -2.27. The van der Waals surface area contributed by atoms with Gasteiger partial charge in [-0.25, -0.2) is 0 Å². The van der Waals surface area contributed by atoms with E-state index in [0.717, 1.165) is 48.4 Å². The maximum atomic E-state index is 12.2. The van der Waals surface area contributed by atoms with Crippen LogP contribution in [0.25, 0.3) is 0 Å². The molecule has 0 aromatic heterocycles. The fraction of sp³-hybridized carbons (Fsp3) is 0.619. The van der Waals surface area contributed by atoms with Crippen LogP contribution in [-0.2, 0) is 14.3 Å². The summed E-state index contributed by atoms with van der Waals surface area (Å²) in [5.41, 5.74) is 2.81. The fourth-order valence-electron chi connectivity index (χ4n) is 3.62. The predicted octanol–water partition coefficient (Wildman–Crippen LogP) is 4.78. The summed E-state index contributed by atoms with van der Waals surface area (Å²) >= 11 is 0. The molecule has 1 aromatic carbocycles. The van der Waals surface area contributed by atoms with E-state index in [1.165, 1.54) is 19.3 Å². The van der Waals surface area contributed by atoms with Crippen LogP contribution in [0, 0.1) is 25.7 Å². The number of benzene rings is 1. The molecule has 1 aromatic rings. The zero-order chi connectivity index (χ0) is 18.2. The summed E-state index contributed by atoms with van der Waals surface area (Å²) in [5, 5.41) is 2.85. The summed E-state index contributed by atoms with van der Waals surface area (Å²) in [7, 11) is 0. The molecule has 2 rings (SSSR count). The number of hydrogen-bond acceptors (Lipinski definition) is 3. The van der Waals surface area contributed by atoms with E-state index >= 15 is 0 Å². The van der Waals surface area contributed by atoms with Gasteiger partial charge in [-0.2, -0.15) is 0 Å². The van der Waals surface area contributed by atoms with Crippen LogP contribution in [0.4, 0.5) is 5.69 Å². The van der Waals surface area contributed by atoms with Crippen molar-refractivity contribution in [3.05, 3.63) is 29.3 Å². The number of carbonyl (C=O) groups is 2. The minimum absolute atomic E-state index is 0.0362. The molecule has 0 unspecified atom stereocenters. The van der Waals surface area contributed by atoms with Gasteiger partial charge >= 0.3 is 5.97 Å². The van der Waals surface area contributed by atoms with E-state index in [0.29, 0.717) is 0 Å². The first kappa shape index (κ1) is 19.5. The van der Waals surface area contributed by atoms with Crippen molar-refractivity contribution in [1.29, 1.82) is 0 Å². The largest absolute Gasteiger partial charge is 0.455 e. The molecule has 1 aliphatic carbocycles. The average molecular weight is 345 g/mol. The molecule has 1 amide bonds. The monoisotopic (exact) mass is 345 g/mol. The van der Waals surface area contributed by atoms with Crippen LogP contribution in [0.5, 0.6) is 0 Å². The van der Waals surface area contributed by atoms with E-state index in [-0.39, 0.29) is 24.4 Å². The number of esters is 1. The maximum Gasteiger partial charge on any atom is 0.309 e. The Labute approximate surface area is 151 Å². The molecule has 0 atom stereocenters. The van der Waals surface area contributed by atoms with Crippen LogP contribution < -0.4 is 5.32 Å². The van der Waals surface area contributed by atoms with Gasteiger partial charge in [0.15, 0.2) is 6.61 Å². The van der Waals surface area contributed by atoms with Crippen LogP contribution in [0.2, 0.25) is 0 Å². The van der Waals surface area contributed by atoms with E-state index in [2.05, 4.69) is 12.2 Å². The zero-order valence-electron chi connectivity index (χ0n) is 15.8. The Bertz CT molecular complexity index is 569. The quantitative estimate of drug-likeness (QED) is 0.723. The highest BCUT2D eigenvalue weighted by molar-refractivity contribution is 5.94. The van der Waals surface area contributed by atoms with Crippen molar-refractivity contribution >= 4 is 17.6 Å². The first-order chi connectivity index (χ1) is 12.0. The van der Waals surface area contributed by atoms with Crippen LogP contribution in [0.15, 0.2) is 18.2 Å². The van der Waals surface area contributed by atoms with Crippen LogP contribution in [0.3, 0.4) is 0 Å². The van der Waals surface area contributed by atoms with Gasteiger partial charge in [0.05, 0.1) is 5.92 Å². The molecular formula is C21H31NO3. The Hall–Kier alpha value is -1.84. The number of ether oxygens (including phenoxy) is 1. The third-order valence-corrected chi connectivity index (χ3v) is 5.24. The summed E-state index contributed by atoms with van der Waals surface area (Å²) in [5.74, 6) is 0.232. The molecule has 0 bridgehead atoms. The molecule has 25 heavy (non-hydrogen) atoms. The molecule has 1 N–H and O–H groups in total. The summed E-state index contributed by atoms with van der Waals surface area (Å²) in [6, 6.07) is 5.86. The molecule has 0 saturated heterocycles. The van der Waals surface area contributed by atoms with Crippen molar-refractivity contribution in [3.8, 4) is 0 Å². The topological polar surface area (TPSA) is 55.4 Å². The molecule has 138 valence electrons. The number of para-hydroxylation sites is 1. The van der Waals surface area contributed by atoms with Crippen molar-refractivity contribution in [2.24, 2.45) is 11.8 Å². The van der Waals surface area contributed by atoms with Crippen molar-refractivity contribution in [2.75, 3.05) is 11.9 Å². The Morgan fingerprint density at radius 2 is 1.76 bits per heavy atom. The number of nitrogens with one attached hydrogen (secondary N) is 1. The zero-order valence-corrected chi connectivity index (χ0v) is 15.8. The summed E-state index contributed by atoms with van der Waals surface area (Å²) < 4.78 is 5.26. The third-order valence-electron chi connectivity index (χ3n) is 5.24. The lowest BCUT2D eigenvalue weighted by atomic mass is 9.80. The number of aryl methyl sites for hydroxylation is 2. The van der Waals surface area contributed by atoms with E-state index in [1.807, 2.05) is 32.0 Å². The van der Waals surface area contributed by atoms with Crippen molar-refractivity contribution in [3.63, 3.8) is 0 Å². The van der Waals surface area contributed by atoms with E-state index < -0.39 is 0 Å². The SMILES string of the molecule is CCCCC1CCC(C(=O)OCC(=O)Nc2c(C)cccc2C)CC1. The normalized spacial score (nSPS) is 20.1. The number of unbranched alkanes of at least 4 members (excludes halogenated alkanes) is 1. The number of anilines is 1. The molecule has 0 radical (unpaired) electrons. The Balaban J connectivity index is 1.74. The lowest BCUT2D eigenvalue weighted by Crippen LogP contribution is -2.27. The van der Waals surface area contributed by atoms with Crippen molar-refractivity contribution in [2.45, 2.75) is 65.7 Å². The highest BCUT2D eigenvalue weighted by Gasteiger charge is 2.27. The van der Waals surface area contributed by atoms with E-state index in [4.69, 9.17) is 4.74 Å². The van der Waals surface area contributed by atoms with Crippen LogP contribution >= 0.6 is 0 Å². The smallest absolute Gasteiger partial charge is 0.309 e. The minimum Gasteiger partial charge on any atom is -0.455 e. The number of hydrogen-bond donors (Lipinski definition) is 1. The van der Waals surface area contributed by atoms with Gasteiger partial charge in [-0.1, -0.05) is 44.4 Å². The highest BCUT2D eigenvalue weighted by atomic mass is 16.5. The fourth-order valence-corrected chi connectivity index (χ4v) is 3.62. The Kier molecular flexibility index (Phi) is 7.48. The second-order valence-electron chi connectivity index (χ2n) is 7.28. The second kappa shape index (κ2) is 9.59. The van der Waals surface area contributed by atoms with E-state index in [9.17, 15) is 9.59 Å². The van der Waals surface area contributed by atoms with Gasteiger partial charge in [0.1, 0.15) is 0 Å². The van der Waals surface area contributed by atoms with Crippen LogP contribution in [0.1, 0.15) is 63.0 Å². The molecule has 4 heteroatoms. The molecular weight excluding hydrogens is 314 g/mol. The third kappa shape index (κ3) is 5.87. The molecule has 0 aliphatic heterocycles. The molecule has 1 aliphatic rings. The lowest BCUT2D eigenvalue weighted by molar-refractivity contribution is -0.152. The van der Waals surface area contributed by atoms with Crippen molar-refractivity contribution < 1.29 is 14.3 Å². The predicted molar refractivity (Wildman–Crippen MR) is 100 cm³/mol. The number of carbonyl (C=O) groups excluding carboxylic acids is 2. The second-order valence-corrected chi connectivity index (χ2v) is 7.28. The molecule has 1 fully saturated rings. The van der Waals surface area contributed by atoms with Crippen molar-refractivity contribution in [1.82, 2.24) is 0 Å². The number of amides is 1. The summed E-state index contributed by atoms with van der Waals surface area (Å²) in [6.07, 6.45) is 7.78. The Morgan fingerprint density at radius 1 is 1.12 bits per heavy atom. The van der Waals surface area contributed by atoms with Gasteiger partial charge in [0, 0.05) is 5.69 Å². The van der Waals surface area contributed by atoms with Gasteiger partial charge in [0.2, 0.25) is 0 Å². The van der Waals surface area contributed by atoms with Gasteiger partial charge in [-0.15, -0.1) is 0 Å². The highest BCUT2D eigenvalue weighted by Crippen LogP contribution is 2.32. The molecule has 1 saturated carbocycles. The molecule has 4 nitrogen and oxygen atoms in total. The van der Waals surface area contributed by atoms with E-state index in [1.54, 1.807) is 0 Å². The summed E-state index contributed by atoms with van der Waals surface area (Å²) in [4.78, 5) is 24.3.